The predicted molar refractivity (Wildman–Crippen MR) is 327 cm³/mol. The molecule has 19 heteroatoms. The number of methoxy groups -OCH3 is 2. The van der Waals surface area contributed by atoms with E-state index in [9.17, 15) is 33.9 Å². The van der Waals surface area contributed by atoms with Crippen molar-refractivity contribution in [2.75, 3.05) is 57.2 Å². The van der Waals surface area contributed by atoms with Crippen LogP contribution >= 0.6 is 0 Å². The summed E-state index contributed by atoms with van der Waals surface area (Å²) in [6, 6.07) is 12.8. The number of anilines is 2. The minimum Gasteiger partial charge on any atom is -0.493 e. The molecule has 1 unspecified atom stereocenters. The van der Waals surface area contributed by atoms with Crippen molar-refractivity contribution >= 4 is 66.1 Å². The summed E-state index contributed by atoms with van der Waals surface area (Å²) >= 11 is 0. The van der Waals surface area contributed by atoms with E-state index in [1.807, 2.05) is 18.0 Å². The number of allylic oxidation sites excluding steroid dienone is 1. The van der Waals surface area contributed by atoms with Crippen LogP contribution in [0.3, 0.4) is 0 Å². The summed E-state index contributed by atoms with van der Waals surface area (Å²) < 4.78 is 30.3. The fourth-order valence-corrected chi connectivity index (χ4v) is 12.6. The lowest BCUT2D eigenvalue weighted by molar-refractivity contribution is -0.140. The van der Waals surface area contributed by atoms with Crippen molar-refractivity contribution < 1.29 is 57.6 Å². The summed E-state index contributed by atoms with van der Waals surface area (Å²) in [5.74, 6) is 1.18. The second-order valence-corrected chi connectivity index (χ2v) is 25.5. The van der Waals surface area contributed by atoms with E-state index in [4.69, 9.17) is 28.7 Å². The molecule has 0 spiro atoms. The van der Waals surface area contributed by atoms with Gasteiger partial charge in [0.15, 0.2) is 29.2 Å². The van der Waals surface area contributed by atoms with Gasteiger partial charge in [-0.25, -0.2) is 9.69 Å². The highest BCUT2D eigenvalue weighted by Gasteiger charge is 2.47. The first kappa shape index (κ1) is 62.4. The number of hydrogen-bond acceptors (Lipinski definition) is 14. The van der Waals surface area contributed by atoms with E-state index in [1.165, 1.54) is 49.2 Å². The predicted octanol–water partition coefficient (Wildman–Crippen LogP) is 11.4. The maximum absolute atomic E-state index is 14.3. The molecule has 5 heterocycles. The van der Waals surface area contributed by atoms with E-state index in [2.05, 4.69) is 45.6 Å². The van der Waals surface area contributed by atoms with Gasteiger partial charge in [-0.2, -0.15) is 0 Å². The minimum atomic E-state index is -1.48. The molecule has 5 amide bonds. The highest BCUT2D eigenvalue weighted by Crippen LogP contribution is 2.44. The molecular formula is C66H86BN6O12. The lowest BCUT2D eigenvalue weighted by atomic mass is 9.78. The number of imide groups is 1. The van der Waals surface area contributed by atoms with Gasteiger partial charge in [-0.1, -0.05) is 102 Å². The number of benzene rings is 3. The van der Waals surface area contributed by atoms with Gasteiger partial charge < -0.3 is 48.6 Å². The molecule has 3 aromatic carbocycles. The van der Waals surface area contributed by atoms with Gasteiger partial charge in [-0.15, -0.1) is 0 Å². The molecule has 0 aromatic heterocycles. The monoisotopic (exact) mass is 1170 g/mol. The topological polar surface area (TPSA) is 206 Å². The highest BCUT2D eigenvalue weighted by atomic mass is 16.6. The van der Waals surface area contributed by atoms with E-state index in [1.54, 1.807) is 55.6 Å². The van der Waals surface area contributed by atoms with Gasteiger partial charge >= 0.3 is 13.5 Å². The first-order valence-corrected chi connectivity index (χ1v) is 30.6. The number of rotatable bonds is 24. The Morgan fingerprint density at radius 3 is 2.19 bits per heavy atom. The largest absolute Gasteiger partial charge is 0.493 e. The van der Waals surface area contributed by atoms with Crippen LogP contribution in [0.25, 0.3) is 0 Å². The molecule has 5 aliphatic heterocycles. The second kappa shape index (κ2) is 27.5. The van der Waals surface area contributed by atoms with Crippen LogP contribution in [-0.2, 0) is 25.7 Å². The van der Waals surface area contributed by atoms with Crippen molar-refractivity contribution in [1.29, 1.82) is 0 Å². The van der Waals surface area contributed by atoms with E-state index in [-0.39, 0.29) is 89.4 Å². The molecule has 1 radical (unpaired) electrons. The number of nitrogens with one attached hydrogen (secondary N) is 1. The summed E-state index contributed by atoms with van der Waals surface area (Å²) in [4.78, 5) is 91.7. The van der Waals surface area contributed by atoms with Crippen molar-refractivity contribution in [3.8, 4) is 23.0 Å². The summed E-state index contributed by atoms with van der Waals surface area (Å²) in [6.07, 6.45) is 15.6. The number of aliphatic hydroxyl groups is 1. The van der Waals surface area contributed by atoms with Crippen LogP contribution in [0.2, 0.25) is 0 Å². The molecule has 4 atom stereocenters. The van der Waals surface area contributed by atoms with Crippen LogP contribution in [0.5, 0.6) is 23.0 Å². The zero-order valence-electron chi connectivity index (χ0n) is 50.9. The molecule has 4 fully saturated rings. The number of aliphatic hydroxyl groups excluding tert-OH is 1. The Morgan fingerprint density at radius 1 is 0.788 bits per heavy atom. The van der Waals surface area contributed by atoms with E-state index in [0.29, 0.717) is 97.5 Å². The Hall–Kier alpha value is -7.15. The van der Waals surface area contributed by atoms with E-state index in [0.717, 1.165) is 61.8 Å². The first-order valence-electron chi connectivity index (χ1n) is 30.6. The number of unbranched alkanes of at least 4 members (excludes halogenated alkanes) is 2. The maximum atomic E-state index is 14.3. The molecule has 3 aromatic rings. The van der Waals surface area contributed by atoms with E-state index >= 15 is 0 Å². The highest BCUT2D eigenvalue weighted by molar-refractivity contribution is 6.76. The number of carbonyl (C=O) groups excluding carboxylic acids is 6. The lowest BCUT2D eigenvalue weighted by Crippen LogP contribution is -2.50. The third-order valence-electron chi connectivity index (χ3n) is 18.1. The average Bonchev–Trinajstić information content (AvgIpc) is 1.82. The summed E-state index contributed by atoms with van der Waals surface area (Å²) in [5.41, 5.74) is 4.05. The van der Waals surface area contributed by atoms with Crippen LogP contribution in [-0.4, -0.2) is 134 Å². The number of ether oxygens (including phenoxy) is 5. The molecule has 1 saturated carbocycles. The molecular weight excluding hydrogens is 1080 g/mol. The summed E-state index contributed by atoms with van der Waals surface area (Å²) in [7, 11) is 4.48. The zero-order chi connectivity index (χ0) is 60.6. The van der Waals surface area contributed by atoms with Gasteiger partial charge in [0.25, 0.3) is 11.8 Å². The van der Waals surface area contributed by atoms with Gasteiger partial charge in [-0.3, -0.25) is 29.1 Å². The Morgan fingerprint density at radius 2 is 1.47 bits per heavy atom. The summed E-state index contributed by atoms with van der Waals surface area (Å²) in [6.45, 7) is 16.5. The Kier molecular flexibility index (Phi) is 20.2. The minimum absolute atomic E-state index is 0.00650. The Balaban J connectivity index is 0.757. The average molecular weight is 1170 g/mol. The number of hydrogen-bond donors (Lipinski definition) is 2. The third kappa shape index (κ3) is 14.9. The van der Waals surface area contributed by atoms with E-state index < -0.39 is 24.3 Å². The number of fused-ring (bicyclic) bond motifs is 4. The smallest absolute Gasteiger partial charge is 0.416 e. The number of amides is 5. The molecule has 1 aliphatic carbocycles. The number of nitrogens with zero attached hydrogens (tertiary/aromatic N) is 5. The van der Waals surface area contributed by atoms with Crippen molar-refractivity contribution in [2.45, 2.75) is 169 Å². The molecule has 455 valence electrons. The summed E-state index contributed by atoms with van der Waals surface area (Å²) in [5, 5.41) is 15.1. The van der Waals surface area contributed by atoms with Crippen molar-refractivity contribution in [1.82, 2.24) is 14.7 Å². The Labute approximate surface area is 501 Å². The van der Waals surface area contributed by atoms with Crippen LogP contribution in [0, 0.1) is 22.7 Å². The molecule has 3 saturated heterocycles. The van der Waals surface area contributed by atoms with Gasteiger partial charge in [0, 0.05) is 50.1 Å². The quantitative estimate of drug-likeness (QED) is 0.0371. The van der Waals surface area contributed by atoms with Gasteiger partial charge in [0.2, 0.25) is 11.8 Å². The van der Waals surface area contributed by atoms with Crippen LogP contribution in [0.15, 0.2) is 77.3 Å². The number of likely N-dealkylation sites (tertiary alicyclic amines) is 1. The molecule has 9 rings (SSSR count). The van der Waals surface area contributed by atoms with Crippen molar-refractivity contribution in [2.24, 2.45) is 27.7 Å². The number of carbonyl (C=O) groups is 6. The van der Waals surface area contributed by atoms with Crippen molar-refractivity contribution in [3.63, 3.8) is 0 Å². The van der Waals surface area contributed by atoms with Gasteiger partial charge in [-0.05, 0) is 118 Å². The fraction of sp³-hybridized carbons (Fsp3) is 0.561. The fourth-order valence-electron chi connectivity index (χ4n) is 12.6. The maximum Gasteiger partial charge on any atom is 0.416 e. The van der Waals surface area contributed by atoms with Gasteiger partial charge in [0.1, 0.15) is 12.3 Å². The van der Waals surface area contributed by atoms with Gasteiger partial charge in [0.05, 0.1) is 67.9 Å². The first-order chi connectivity index (χ1) is 40.8. The SMILES string of the molecule is C=C1C[C@H]2[C@H](O)N(C(=O)OCc3ccc(N[B]C(=O)CCCCCN4C(=O)CC(C5CCCCCCC5)C4=O)cc3)c3cc(OCCC(C)(C)CCC(C)(C)COc4cc5c(cc4OC)C(=O)N4C/C(=C/C)C[C@H]4C=N5)c(OC)cc3C(=O)N2C1. The normalized spacial score (nSPS) is 21.4. The molecule has 18 nitrogen and oxygen atoms in total. The van der Waals surface area contributed by atoms with Crippen LogP contribution in [0.4, 0.5) is 21.9 Å². The van der Waals surface area contributed by atoms with Crippen LogP contribution in [0.1, 0.15) is 170 Å². The van der Waals surface area contributed by atoms with Crippen LogP contribution < -0.4 is 29.1 Å². The molecule has 6 aliphatic rings. The van der Waals surface area contributed by atoms with Crippen molar-refractivity contribution in [3.05, 3.63) is 89.0 Å². The molecule has 0 bridgehead atoms. The standard InChI is InChI=1S/C66H86BN6O12/c1-9-43-31-47-37-68-51-35-56(54(81-7)32-49(51)61(77)71(47)39-43)85-41-66(5,6)26-25-65(3,4)27-29-83-57-36-52-50(33-55(57)82-8)62(78)72-38-42(2)30-53(72)63(79)73(52)64(80)84-40-44-21-23-46(24-22-44)69-67-58(74)20-16-13-17-28-70-59(75)34-48(60(70)76)45-18-14-11-10-12-15-19-45/h9,21-24,32-33,35-37,45,47-48,53,63,69,79H,2,10-20,25-31,34,38-41H2,1,3-8H3/b43-9+/t47-,48?,53-,63-/m0/s1. The molecule has 2 N–H and O–H groups in total. The Bertz CT molecular complexity index is 3040. The number of aliphatic imine (C=N–C) groups is 1. The lowest BCUT2D eigenvalue weighted by Gasteiger charge is -2.32. The second-order valence-electron chi connectivity index (χ2n) is 25.5. The zero-order valence-corrected chi connectivity index (χ0v) is 50.9. The third-order valence-corrected chi connectivity index (χ3v) is 18.1. The molecule has 85 heavy (non-hydrogen) atoms.